The number of unbranched alkanes of at least 4 members (excludes halogenated alkanes) is 3. The summed E-state index contributed by atoms with van der Waals surface area (Å²) in [6.07, 6.45) is 5.91. The van der Waals surface area contributed by atoms with Crippen LogP contribution in [0.2, 0.25) is 0 Å². The first kappa shape index (κ1) is 18.7. The van der Waals surface area contributed by atoms with E-state index in [1.807, 2.05) is 0 Å². The smallest absolute Gasteiger partial charge is 0.220 e. The van der Waals surface area contributed by atoms with Gasteiger partial charge < -0.3 is 11.1 Å². The Morgan fingerprint density at radius 1 is 1.09 bits per heavy atom. The Bertz CT molecular complexity index is 437. The normalized spacial score (nSPS) is 11.5. The van der Waals surface area contributed by atoms with Crippen LogP contribution in [0, 0.1) is 0 Å². The van der Waals surface area contributed by atoms with E-state index in [0.717, 1.165) is 38.6 Å². The molecule has 3 N–H and O–H groups in total. The van der Waals surface area contributed by atoms with Crippen LogP contribution in [0.5, 0.6) is 0 Å². The van der Waals surface area contributed by atoms with Gasteiger partial charge in [-0.1, -0.05) is 57.9 Å². The van der Waals surface area contributed by atoms with Gasteiger partial charge in [0.25, 0.3) is 0 Å². The van der Waals surface area contributed by atoms with Gasteiger partial charge in [-0.25, -0.2) is 0 Å². The number of amides is 1. The molecule has 0 aliphatic carbocycles. The molecular weight excluding hydrogens is 272 g/mol. The van der Waals surface area contributed by atoms with Gasteiger partial charge in [0, 0.05) is 18.4 Å². The van der Waals surface area contributed by atoms with Crippen molar-refractivity contribution in [2.75, 3.05) is 13.1 Å². The van der Waals surface area contributed by atoms with Crippen LogP contribution in [0.4, 0.5) is 0 Å². The van der Waals surface area contributed by atoms with Gasteiger partial charge in [0.1, 0.15) is 0 Å². The molecule has 0 saturated carbocycles. The zero-order valence-corrected chi connectivity index (χ0v) is 14.5. The summed E-state index contributed by atoms with van der Waals surface area (Å²) < 4.78 is 0. The Morgan fingerprint density at radius 2 is 1.73 bits per heavy atom. The third-order valence-corrected chi connectivity index (χ3v) is 4.23. The van der Waals surface area contributed by atoms with E-state index in [1.54, 1.807) is 0 Å². The maximum Gasteiger partial charge on any atom is 0.220 e. The van der Waals surface area contributed by atoms with Crippen LogP contribution in [-0.2, 0) is 16.6 Å². The van der Waals surface area contributed by atoms with Crippen molar-refractivity contribution in [1.29, 1.82) is 0 Å². The molecule has 0 bridgehead atoms. The van der Waals surface area contributed by atoms with Gasteiger partial charge in [-0.3, -0.25) is 4.79 Å². The Kier molecular flexibility index (Phi) is 8.18. The molecule has 3 nitrogen and oxygen atoms in total. The highest BCUT2D eigenvalue weighted by Crippen LogP contribution is 2.22. The highest BCUT2D eigenvalue weighted by Gasteiger charge is 2.21. The van der Waals surface area contributed by atoms with Crippen molar-refractivity contribution in [1.82, 2.24) is 5.32 Å². The predicted octanol–water partition coefficient (Wildman–Crippen LogP) is 3.55. The largest absolute Gasteiger partial charge is 0.355 e. The monoisotopic (exact) mass is 304 g/mol. The second kappa shape index (κ2) is 9.62. The number of nitrogens with one attached hydrogen (secondary N) is 1. The Hall–Kier alpha value is -1.35. The molecule has 22 heavy (non-hydrogen) atoms. The van der Waals surface area contributed by atoms with Crippen LogP contribution >= 0.6 is 0 Å². The topological polar surface area (TPSA) is 55.1 Å². The molecule has 0 unspecified atom stereocenters. The molecule has 0 atom stereocenters. The van der Waals surface area contributed by atoms with Crippen molar-refractivity contribution in [3.8, 4) is 0 Å². The molecule has 0 radical (unpaired) electrons. The molecule has 1 amide bonds. The first-order valence-electron chi connectivity index (χ1n) is 8.56. The van der Waals surface area contributed by atoms with Gasteiger partial charge in [0.05, 0.1) is 0 Å². The molecule has 1 rings (SSSR count). The molecule has 0 heterocycles. The van der Waals surface area contributed by atoms with E-state index in [0.29, 0.717) is 13.0 Å². The summed E-state index contributed by atoms with van der Waals surface area (Å²) in [6, 6.07) is 8.71. The first-order chi connectivity index (χ1) is 10.5. The molecule has 1 aromatic rings. The summed E-state index contributed by atoms with van der Waals surface area (Å²) in [6.45, 7) is 7.94. The lowest BCUT2D eigenvalue weighted by Crippen LogP contribution is -2.36. The molecule has 0 fully saturated rings. The van der Waals surface area contributed by atoms with Crippen LogP contribution in [0.3, 0.4) is 0 Å². The molecule has 1 aromatic carbocycles. The maximum atomic E-state index is 11.9. The molecule has 3 heteroatoms. The summed E-state index contributed by atoms with van der Waals surface area (Å²) in [5.74, 6) is 0.158. The number of carbonyl (C=O) groups is 1. The maximum absolute atomic E-state index is 11.9. The van der Waals surface area contributed by atoms with Crippen molar-refractivity contribution in [2.24, 2.45) is 5.73 Å². The highest BCUT2D eigenvalue weighted by atomic mass is 16.1. The first-order valence-corrected chi connectivity index (χ1v) is 8.56. The van der Waals surface area contributed by atoms with Crippen LogP contribution in [0.1, 0.15) is 64.0 Å². The number of hydrogen-bond donors (Lipinski definition) is 2. The SMILES string of the molecule is CCc1ccc(C(C)(C)CNC(=O)CCCCCCN)cc1. The third-order valence-electron chi connectivity index (χ3n) is 4.23. The lowest BCUT2D eigenvalue weighted by Gasteiger charge is -2.26. The quantitative estimate of drug-likeness (QED) is 0.649. The minimum atomic E-state index is -0.0402. The molecule has 0 saturated heterocycles. The Morgan fingerprint density at radius 3 is 2.32 bits per heavy atom. The van der Waals surface area contributed by atoms with E-state index in [2.05, 4.69) is 50.4 Å². The lowest BCUT2D eigenvalue weighted by atomic mass is 9.84. The Labute approximate surface area is 135 Å². The standard InChI is InChI=1S/C19H32N2O/c1-4-16-10-12-17(13-11-16)19(2,3)15-21-18(22)9-7-5-6-8-14-20/h10-13H,4-9,14-15,20H2,1-3H3,(H,21,22). The third kappa shape index (κ3) is 6.61. The molecule has 0 spiro atoms. The van der Waals surface area contributed by atoms with Gasteiger partial charge in [0.2, 0.25) is 5.91 Å². The molecule has 0 aromatic heterocycles. The number of hydrogen-bond acceptors (Lipinski definition) is 2. The van der Waals surface area contributed by atoms with E-state index in [9.17, 15) is 4.79 Å². The van der Waals surface area contributed by atoms with Crippen molar-refractivity contribution < 1.29 is 4.79 Å². The zero-order valence-electron chi connectivity index (χ0n) is 14.5. The number of benzene rings is 1. The highest BCUT2D eigenvalue weighted by molar-refractivity contribution is 5.75. The summed E-state index contributed by atoms with van der Waals surface area (Å²) in [5, 5.41) is 3.08. The van der Waals surface area contributed by atoms with Crippen molar-refractivity contribution in [2.45, 2.75) is 64.7 Å². The van der Waals surface area contributed by atoms with E-state index in [4.69, 9.17) is 5.73 Å². The minimum Gasteiger partial charge on any atom is -0.355 e. The fourth-order valence-electron chi connectivity index (χ4n) is 2.49. The second-order valence-corrected chi connectivity index (χ2v) is 6.66. The van der Waals surface area contributed by atoms with Gasteiger partial charge >= 0.3 is 0 Å². The van der Waals surface area contributed by atoms with E-state index in [1.165, 1.54) is 11.1 Å². The number of rotatable bonds is 10. The van der Waals surface area contributed by atoms with Gasteiger partial charge in [-0.05, 0) is 36.9 Å². The van der Waals surface area contributed by atoms with Crippen LogP contribution < -0.4 is 11.1 Å². The van der Waals surface area contributed by atoms with Crippen molar-refractivity contribution in [3.63, 3.8) is 0 Å². The van der Waals surface area contributed by atoms with Crippen molar-refractivity contribution >= 4 is 5.91 Å². The Balaban J connectivity index is 2.35. The summed E-state index contributed by atoms with van der Waals surface area (Å²) >= 11 is 0. The van der Waals surface area contributed by atoms with Crippen LogP contribution in [-0.4, -0.2) is 19.0 Å². The van der Waals surface area contributed by atoms with Gasteiger partial charge in [0.15, 0.2) is 0 Å². The number of aryl methyl sites for hydroxylation is 1. The van der Waals surface area contributed by atoms with E-state index < -0.39 is 0 Å². The van der Waals surface area contributed by atoms with E-state index >= 15 is 0 Å². The molecule has 0 aliphatic heterocycles. The second-order valence-electron chi connectivity index (χ2n) is 6.66. The fraction of sp³-hybridized carbons (Fsp3) is 0.632. The summed E-state index contributed by atoms with van der Waals surface area (Å²) in [5.41, 5.74) is 8.04. The van der Waals surface area contributed by atoms with Crippen LogP contribution in [0.25, 0.3) is 0 Å². The average Bonchev–Trinajstić information content (AvgIpc) is 2.53. The number of carbonyl (C=O) groups excluding carboxylic acids is 1. The zero-order chi connectivity index (χ0) is 16.4. The summed E-state index contributed by atoms with van der Waals surface area (Å²) in [4.78, 5) is 11.9. The van der Waals surface area contributed by atoms with Gasteiger partial charge in [-0.15, -0.1) is 0 Å². The predicted molar refractivity (Wildman–Crippen MR) is 94.0 cm³/mol. The average molecular weight is 304 g/mol. The lowest BCUT2D eigenvalue weighted by molar-refractivity contribution is -0.121. The van der Waals surface area contributed by atoms with Gasteiger partial charge in [-0.2, -0.15) is 0 Å². The fourth-order valence-corrected chi connectivity index (χ4v) is 2.49. The summed E-state index contributed by atoms with van der Waals surface area (Å²) in [7, 11) is 0. The molecular formula is C19H32N2O. The van der Waals surface area contributed by atoms with E-state index in [-0.39, 0.29) is 11.3 Å². The molecule has 0 aliphatic rings. The van der Waals surface area contributed by atoms with Crippen LogP contribution in [0.15, 0.2) is 24.3 Å². The minimum absolute atomic E-state index is 0.0402. The number of nitrogens with two attached hydrogens (primary N) is 1. The molecule has 124 valence electrons. The van der Waals surface area contributed by atoms with Crippen molar-refractivity contribution in [3.05, 3.63) is 35.4 Å².